The number of hydrogen-bond acceptors (Lipinski definition) is 15. The number of phosphoric ester groups is 2. The number of allylic oxidation sites excluding steroid dienone is 29. The van der Waals surface area contributed by atoms with Crippen LogP contribution in [-0.2, 0) is 65.4 Å². The van der Waals surface area contributed by atoms with Crippen molar-refractivity contribution < 1.29 is 80.2 Å². The van der Waals surface area contributed by atoms with Gasteiger partial charge in [0.2, 0.25) is 0 Å². The van der Waals surface area contributed by atoms with Crippen molar-refractivity contribution in [3.8, 4) is 0 Å². The maximum atomic E-state index is 13.1. The second-order valence-electron chi connectivity index (χ2n) is 24.5. The second kappa shape index (κ2) is 73.5. The molecule has 0 radical (unpaired) electrons. The molecule has 0 rings (SSSR count). The highest BCUT2D eigenvalue weighted by Crippen LogP contribution is 2.45. The molecule has 0 bridgehead atoms. The van der Waals surface area contributed by atoms with Gasteiger partial charge >= 0.3 is 39.5 Å². The van der Waals surface area contributed by atoms with Crippen LogP contribution < -0.4 is 0 Å². The van der Waals surface area contributed by atoms with E-state index in [0.29, 0.717) is 32.1 Å². The first kappa shape index (κ1) is 96.2. The van der Waals surface area contributed by atoms with Gasteiger partial charge in [-0.25, -0.2) is 9.13 Å². The van der Waals surface area contributed by atoms with E-state index < -0.39 is 97.5 Å². The number of rotatable bonds is 69. The van der Waals surface area contributed by atoms with Gasteiger partial charge in [0.1, 0.15) is 19.3 Å². The molecule has 0 aliphatic rings. The number of carbonyl (C=O) groups is 4. The lowest BCUT2D eigenvalue weighted by molar-refractivity contribution is -0.161. The van der Waals surface area contributed by atoms with E-state index in [2.05, 4.69) is 174 Å². The third-order valence-corrected chi connectivity index (χ3v) is 16.8. The summed E-state index contributed by atoms with van der Waals surface area (Å²) >= 11 is 0. The van der Waals surface area contributed by atoms with Crippen LogP contribution in [-0.4, -0.2) is 96.7 Å². The zero-order valence-electron chi connectivity index (χ0n) is 62.7. The molecule has 0 aromatic rings. The van der Waals surface area contributed by atoms with Gasteiger partial charge in [-0.2, -0.15) is 0 Å². The molecule has 5 unspecified atom stereocenters. The van der Waals surface area contributed by atoms with Crippen LogP contribution in [0.2, 0.25) is 0 Å². The van der Waals surface area contributed by atoms with Gasteiger partial charge in [-0.15, -0.1) is 0 Å². The molecule has 0 heterocycles. The van der Waals surface area contributed by atoms with Crippen LogP contribution in [0, 0.1) is 0 Å². The van der Waals surface area contributed by atoms with Crippen molar-refractivity contribution in [1.82, 2.24) is 0 Å². The summed E-state index contributed by atoms with van der Waals surface area (Å²) in [6.07, 6.45) is 87.9. The molecule has 0 saturated heterocycles. The van der Waals surface area contributed by atoms with Crippen molar-refractivity contribution in [2.75, 3.05) is 39.6 Å². The lowest BCUT2D eigenvalue weighted by Gasteiger charge is -2.21. The molecule has 0 amide bonds. The summed E-state index contributed by atoms with van der Waals surface area (Å²) in [6, 6.07) is 0. The molecule has 0 fully saturated rings. The quantitative estimate of drug-likeness (QED) is 0.0169. The maximum Gasteiger partial charge on any atom is 0.472 e. The van der Waals surface area contributed by atoms with Gasteiger partial charge in [-0.05, 0) is 154 Å². The maximum absolute atomic E-state index is 13.1. The summed E-state index contributed by atoms with van der Waals surface area (Å²) in [4.78, 5) is 72.8. The molecule has 0 aromatic carbocycles. The monoisotopic (exact) mass is 1460 g/mol. The fourth-order valence-corrected chi connectivity index (χ4v) is 10.8. The normalized spacial score (nSPS) is 14.9. The van der Waals surface area contributed by atoms with Crippen molar-refractivity contribution in [2.24, 2.45) is 0 Å². The van der Waals surface area contributed by atoms with Crippen LogP contribution in [0.3, 0.4) is 0 Å². The van der Waals surface area contributed by atoms with E-state index in [-0.39, 0.29) is 25.7 Å². The Morgan fingerprint density at radius 2 is 0.559 bits per heavy atom. The number of aliphatic hydroxyl groups excluding tert-OH is 1. The van der Waals surface area contributed by atoms with Crippen LogP contribution in [0.1, 0.15) is 259 Å². The number of ether oxygens (including phenoxy) is 4. The second-order valence-corrected chi connectivity index (χ2v) is 27.4. The molecule has 17 nitrogen and oxygen atoms in total. The first-order valence-electron chi connectivity index (χ1n) is 38.0. The number of aliphatic hydroxyl groups is 1. The average molecular weight is 1460 g/mol. The standard InChI is InChI=1S/C83H132O17P2/c1-5-9-13-17-21-25-29-33-37-38-42-44-48-52-56-60-64-68-81(86)94-74-79(100-83(88)70-66-62-58-54-50-46-41-36-32-28-24-20-16-12-8-4)76-98-102(91,92)96-72-77(84)71-95-101(89,90)97-75-78(99-82(87)69-65-61-57-53-49-45-40-35-31-27-23-19-15-11-7-3)73-93-80(85)67-63-59-55-51-47-43-39-34-30-26-22-18-14-10-6-2/h9-10,12-14,16,21-22,24-26,28,33-37,39-42,44,47,50-52,54,56,62,66,77-79,84H,5-8,11,15,17-20,23,27,29-32,38,43,45-46,48-49,53,55,57-61,63-65,67-76H2,1-4H3,(H,89,90)(H,91,92)/b13-9-,14-10-,16-12-,25-21-,26-22-,28-24-,37-33-,39-34-,40-35-,41-36-,44-42-,51-47-,54-50-,56-52-,66-62-. The van der Waals surface area contributed by atoms with E-state index in [4.69, 9.17) is 37.0 Å². The lowest BCUT2D eigenvalue weighted by Crippen LogP contribution is -2.30. The average Bonchev–Trinajstić information content (AvgIpc) is 0.923. The Morgan fingerprint density at radius 1 is 0.294 bits per heavy atom. The minimum absolute atomic E-state index is 0.0555. The summed E-state index contributed by atoms with van der Waals surface area (Å²) < 4.78 is 68.2. The van der Waals surface area contributed by atoms with Crippen LogP contribution in [0.4, 0.5) is 0 Å². The Kier molecular flexibility index (Phi) is 69.3. The van der Waals surface area contributed by atoms with Crippen molar-refractivity contribution in [3.63, 3.8) is 0 Å². The lowest BCUT2D eigenvalue weighted by atomic mass is 10.1. The van der Waals surface area contributed by atoms with Gasteiger partial charge in [-0.3, -0.25) is 37.3 Å². The van der Waals surface area contributed by atoms with Crippen molar-refractivity contribution in [3.05, 3.63) is 182 Å². The molecule has 102 heavy (non-hydrogen) atoms. The van der Waals surface area contributed by atoms with Crippen LogP contribution >= 0.6 is 15.6 Å². The summed E-state index contributed by atoms with van der Waals surface area (Å²) in [5.74, 6) is -2.47. The van der Waals surface area contributed by atoms with E-state index >= 15 is 0 Å². The summed E-state index contributed by atoms with van der Waals surface area (Å²) in [5.41, 5.74) is 0. The predicted molar refractivity (Wildman–Crippen MR) is 417 cm³/mol. The minimum atomic E-state index is -5.02. The molecule has 19 heteroatoms. The third kappa shape index (κ3) is 72.5. The number of esters is 4. The Morgan fingerprint density at radius 3 is 0.941 bits per heavy atom. The zero-order chi connectivity index (χ0) is 74.6. The van der Waals surface area contributed by atoms with E-state index in [1.165, 1.54) is 38.5 Å². The molecule has 0 saturated carbocycles. The first-order chi connectivity index (χ1) is 49.7. The Labute approximate surface area is 615 Å². The van der Waals surface area contributed by atoms with E-state index in [9.17, 15) is 43.2 Å². The number of hydrogen-bond donors (Lipinski definition) is 3. The molecule has 0 aliphatic carbocycles. The fraction of sp³-hybridized carbons (Fsp3) is 0.590. The summed E-state index contributed by atoms with van der Waals surface area (Å²) in [7, 11) is -10.0. The van der Waals surface area contributed by atoms with E-state index in [1.807, 2.05) is 24.3 Å². The molecule has 576 valence electrons. The highest BCUT2D eigenvalue weighted by Gasteiger charge is 2.30. The summed E-state index contributed by atoms with van der Waals surface area (Å²) in [5, 5.41) is 10.6. The first-order valence-corrected chi connectivity index (χ1v) is 41.0. The van der Waals surface area contributed by atoms with Gasteiger partial charge in [-0.1, -0.05) is 261 Å². The highest BCUT2D eigenvalue weighted by atomic mass is 31.2. The van der Waals surface area contributed by atoms with Gasteiger partial charge < -0.3 is 33.8 Å². The SMILES string of the molecule is CC/C=C\C/C=C\C/C=C\C/C=C\C/C=C\CCCC(=O)OCC(COP(=O)(O)OCC(O)COP(=O)(O)OCC(COC(=O)CCCC/C=C\C/C=C\C/C=C\C/C=C\CC)OC(=O)CCCCCCC/C=C\CCCCCCCC)OC(=O)C/C=C\C/C=C\C/C=C\C/C=C\C/C=C\CC. The molecular formula is C83H132O17P2. The molecule has 3 N–H and O–H groups in total. The predicted octanol–water partition coefficient (Wildman–Crippen LogP) is 22.0. The smallest absolute Gasteiger partial charge is 0.462 e. The largest absolute Gasteiger partial charge is 0.472 e. The molecular weight excluding hydrogens is 1330 g/mol. The van der Waals surface area contributed by atoms with Crippen molar-refractivity contribution in [2.45, 2.75) is 277 Å². The minimum Gasteiger partial charge on any atom is -0.462 e. The topological polar surface area (TPSA) is 237 Å². The Hall–Kier alpha value is -5.84. The number of phosphoric acid groups is 2. The number of unbranched alkanes of at least 4 members (excludes halogenated alkanes) is 14. The van der Waals surface area contributed by atoms with Gasteiger partial charge in [0.05, 0.1) is 32.8 Å². The fourth-order valence-electron chi connectivity index (χ4n) is 9.20. The zero-order valence-corrected chi connectivity index (χ0v) is 64.5. The van der Waals surface area contributed by atoms with Crippen LogP contribution in [0.15, 0.2) is 182 Å². The van der Waals surface area contributed by atoms with Crippen molar-refractivity contribution in [1.29, 1.82) is 0 Å². The molecule has 0 aliphatic heterocycles. The Bertz CT molecular complexity index is 2650. The molecule has 0 spiro atoms. The van der Waals surface area contributed by atoms with Crippen molar-refractivity contribution >= 4 is 39.5 Å². The van der Waals surface area contributed by atoms with Gasteiger partial charge in [0.25, 0.3) is 0 Å². The van der Waals surface area contributed by atoms with Crippen LogP contribution in [0.5, 0.6) is 0 Å². The van der Waals surface area contributed by atoms with Gasteiger partial charge in [0, 0.05) is 19.3 Å². The summed E-state index contributed by atoms with van der Waals surface area (Å²) in [6.45, 7) is 4.25. The number of carbonyl (C=O) groups excluding carboxylic acids is 4. The Balaban J connectivity index is 5.54. The van der Waals surface area contributed by atoms with E-state index in [0.717, 1.165) is 135 Å². The van der Waals surface area contributed by atoms with E-state index in [1.54, 1.807) is 12.2 Å². The molecule has 0 aromatic heterocycles. The van der Waals surface area contributed by atoms with Crippen LogP contribution in [0.25, 0.3) is 0 Å². The third-order valence-electron chi connectivity index (χ3n) is 14.9. The highest BCUT2D eigenvalue weighted by molar-refractivity contribution is 7.47. The van der Waals surface area contributed by atoms with Gasteiger partial charge in [0.15, 0.2) is 12.2 Å². The molecule has 5 atom stereocenters.